The van der Waals surface area contributed by atoms with Gasteiger partial charge in [-0.15, -0.1) is 0 Å². The number of carbonyl (C=O) groups is 1. The Labute approximate surface area is 175 Å². The fourth-order valence-electron chi connectivity index (χ4n) is 2.71. The third-order valence-corrected chi connectivity index (χ3v) is 3.89. The molecule has 8 heteroatoms. The van der Waals surface area contributed by atoms with E-state index in [1.165, 1.54) is 24.3 Å². The highest BCUT2D eigenvalue weighted by molar-refractivity contribution is 5.86. The third-order valence-electron chi connectivity index (χ3n) is 3.89. The van der Waals surface area contributed by atoms with Gasteiger partial charge in [0.05, 0.1) is 35.7 Å². The van der Waals surface area contributed by atoms with Crippen molar-refractivity contribution in [1.82, 2.24) is 9.78 Å². The van der Waals surface area contributed by atoms with E-state index in [1.807, 2.05) is 27.7 Å². The number of rotatable bonds is 6. The predicted octanol–water partition coefficient (Wildman–Crippen LogP) is 5.29. The number of esters is 1. The van der Waals surface area contributed by atoms with Crippen LogP contribution in [0.2, 0.25) is 0 Å². The summed E-state index contributed by atoms with van der Waals surface area (Å²) in [6, 6.07) is 10.3. The van der Waals surface area contributed by atoms with Crippen molar-refractivity contribution in [2.24, 2.45) is 0 Å². The summed E-state index contributed by atoms with van der Waals surface area (Å²) in [7, 11) is 0. The molecule has 0 atom stereocenters. The molecule has 0 radical (unpaired) electrons. The van der Waals surface area contributed by atoms with Crippen LogP contribution in [0.1, 0.15) is 45.9 Å². The van der Waals surface area contributed by atoms with Crippen LogP contribution in [0.15, 0.2) is 42.5 Å². The van der Waals surface area contributed by atoms with E-state index in [0.29, 0.717) is 23.1 Å². The number of hydrogen-bond donors (Lipinski definition) is 0. The highest BCUT2D eigenvalue weighted by Gasteiger charge is 2.16. The summed E-state index contributed by atoms with van der Waals surface area (Å²) in [5.41, 5.74) is 1.81. The van der Waals surface area contributed by atoms with Crippen molar-refractivity contribution >= 4 is 22.6 Å². The Bertz CT molecular complexity index is 968. The Morgan fingerprint density at radius 2 is 1.77 bits per heavy atom. The monoisotopic (exact) mass is 417 g/mol. The van der Waals surface area contributed by atoms with Crippen LogP contribution in [0.4, 0.5) is 10.1 Å². The molecule has 3 aromatic rings. The second-order valence-corrected chi connectivity index (χ2v) is 5.67. The number of non-ortho nitro benzene ring substituents is 1. The molecule has 3 rings (SSSR count). The lowest BCUT2D eigenvalue weighted by Gasteiger charge is -2.04. The first-order chi connectivity index (χ1) is 14.5. The van der Waals surface area contributed by atoms with Crippen LogP contribution >= 0.6 is 0 Å². The van der Waals surface area contributed by atoms with Crippen LogP contribution in [-0.2, 0) is 22.5 Å². The van der Waals surface area contributed by atoms with Gasteiger partial charge < -0.3 is 4.74 Å². The summed E-state index contributed by atoms with van der Waals surface area (Å²) in [5.74, 6) is -0.816. The summed E-state index contributed by atoms with van der Waals surface area (Å²) < 4.78 is 20.2. The average molecular weight is 417 g/mol. The number of hydrogen-bond acceptors (Lipinski definition) is 5. The van der Waals surface area contributed by atoms with Crippen molar-refractivity contribution < 1.29 is 18.8 Å². The molecular weight excluding hydrogens is 389 g/mol. The number of ether oxygens (including phenoxy) is 1. The van der Waals surface area contributed by atoms with Crippen molar-refractivity contribution in [3.05, 3.63) is 69.7 Å². The number of fused-ring (bicyclic) bond motifs is 1. The number of nitrogens with zero attached hydrogens (tertiary/aromatic N) is 3. The highest BCUT2D eigenvalue weighted by Crippen LogP contribution is 2.22. The molecule has 1 heterocycles. The van der Waals surface area contributed by atoms with Gasteiger partial charge in [-0.05, 0) is 30.7 Å². The number of nitro benzene ring substituents is 1. The SMILES string of the molecule is CC.CC.CCOC(=O)Cc1nn(Cc2ccc([N+](=O)[O-])cc2)c2cc(F)ccc12. The van der Waals surface area contributed by atoms with Gasteiger partial charge in [-0.25, -0.2) is 4.39 Å². The first kappa shape index (κ1) is 24.7. The number of carbonyl (C=O) groups excluding carboxylic acids is 1. The quantitative estimate of drug-likeness (QED) is 0.309. The summed E-state index contributed by atoms with van der Waals surface area (Å²) in [6.45, 7) is 10.3. The van der Waals surface area contributed by atoms with E-state index in [9.17, 15) is 19.3 Å². The Morgan fingerprint density at radius 3 is 2.33 bits per heavy atom. The Kier molecular flexibility index (Phi) is 10.2. The van der Waals surface area contributed by atoms with Crippen LogP contribution in [0, 0.1) is 15.9 Å². The van der Waals surface area contributed by atoms with Gasteiger partial charge in [0.2, 0.25) is 0 Å². The van der Waals surface area contributed by atoms with Crippen LogP contribution in [-0.4, -0.2) is 27.3 Å². The molecule has 7 nitrogen and oxygen atoms in total. The van der Waals surface area contributed by atoms with Gasteiger partial charge in [0, 0.05) is 17.5 Å². The van der Waals surface area contributed by atoms with Crippen molar-refractivity contribution in [2.45, 2.75) is 47.6 Å². The van der Waals surface area contributed by atoms with Gasteiger partial charge in [-0.1, -0.05) is 39.8 Å². The van der Waals surface area contributed by atoms with E-state index < -0.39 is 16.7 Å². The Balaban J connectivity index is 0.00000106. The van der Waals surface area contributed by atoms with Crippen LogP contribution in [0.3, 0.4) is 0 Å². The fourth-order valence-corrected chi connectivity index (χ4v) is 2.71. The van der Waals surface area contributed by atoms with Gasteiger partial charge in [0.25, 0.3) is 5.69 Å². The molecule has 0 aliphatic heterocycles. The minimum Gasteiger partial charge on any atom is -0.466 e. The third kappa shape index (κ3) is 6.37. The van der Waals surface area contributed by atoms with Crippen LogP contribution in [0.5, 0.6) is 0 Å². The van der Waals surface area contributed by atoms with Gasteiger partial charge in [-0.3, -0.25) is 19.6 Å². The second-order valence-electron chi connectivity index (χ2n) is 5.67. The van der Waals surface area contributed by atoms with Gasteiger partial charge >= 0.3 is 5.97 Å². The molecule has 0 aliphatic carbocycles. The molecule has 0 unspecified atom stereocenters. The maximum Gasteiger partial charge on any atom is 0.311 e. The van der Waals surface area contributed by atoms with Gasteiger partial charge in [0.15, 0.2) is 0 Å². The normalized spacial score (nSPS) is 9.80. The molecule has 162 valence electrons. The number of nitro groups is 1. The molecule has 1 aromatic heterocycles. The average Bonchev–Trinajstić information content (AvgIpc) is 3.07. The van der Waals surface area contributed by atoms with Crippen molar-refractivity contribution in [2.75, 3.05) is 6.61 Å². The predicted molar refractivity (Wildman–Crippen MR) is 115 cm³/mol. The molecular formula is C22H28FN3O4. The molecule has 0 N–H and O–H groups in total. The topological polar surface area (TPSA) is 87.3 Å². The van der Waals surface area contributed by atoms with E-state index in [0.717, 1.165) is 5.56 Å². The number of benzene rings is 2. The molecule has 0 bridgehead atoms. The van der Waals surface area contributed by atoms with Crippen molar-refractivity contribution in [3.8, 4) is 0 Å². The molecule has 0 amide bonds. The molecule has 0 spiro atoms. The Hall–Kier alpha value is -3.29. The Morgan fingerprint density at radius 1 is 1.13 bits per heavy atom. The summed E-state index contributed by atoms with van der Waals surface area (Å²) in [5, 5.41) is 15.8. The van der Waals surface area contributed by atoms with E-state index in [4.69, 9.17) is 4.74 Å². The molecule has 0 saturated carbocycles. The zero-order valence-corrected chi connectivity index (χ0v) is 18.0. The van der Waals surface area contributed by atoms with E-state index >= 15 is 0 Å². The zero-order chi connectivity index (χ0) is 22.7. The van der Waals surface area contributed by atoms with E-state index in [-0.39, 0.29) is 18.7 Å². The van der Waals surface area contributed by atoms with Crippen molar-refractivity contribution in [3.63, 3.8) is 0 Å². The van der Waals surface area contributed by atoms with Crippen molar-refractivity contribution in [1.29, 1.82) is 0 Å². The van der Waals surface area contributed by atoms with E-state index in [1.54, 1.807) is 29.8 Å². The molecule has 0 saturated heterocycles. The van der Waals surface area contributed by atoms with Gasteiger partial charge in [-0.2, -0.15) is 5.10 Å². The summed E-state index contributed by atoms with van der Waals surface area (Å²) >= 11 is 0. The lowest BCUT2D eigenvalue weighted by atomic mass is 10.1. The van der Waals surface area contributed by atoms with Crippen LogP contribution in [0.25, 0.3) is 10.9 Å². The minimum atomic E-state index is -0.472. The zero-order valence-electron chi connectivity index (χ0n) is 18.0. The smallest absolute Gasteiger partial charge is 0.311 e. The molecule has 0 aliphatic rings. The molecule has 30 heavy (non-hydrogen) atoms. The maximum absolute atomic E-state index is 13.7. The number of halogens is 1. The molecule has 2 aromatic carbocycles. The largest absolute Gasteiger partial charge is 0.466 e. The first-order valence-electron chi connectivity index (χ1n) is 10.0. The maximum atomic E-state index is 13.7. The highest BCUT2D eigenvalue weighted by atomic mass is 19.1. The molecule has 0 fully saturated rings. The van der Waals surface area contributed by atoms with Crippen LogP contribution < -0.4 is 0 Å². The lowest BCUT2D eigenvalue weighted by molar-refractivity contribution is -0.384. The summed E-state index contributed by atoms with van der Waals surface area (Å²) in [6.07, 6.45) is -0.0107. The second kappa shape index (κ2) is 12.3. The standard InChI is InChI=1S/C18H16FN3O4.2C2H6/c1-2-26-18(23)10-16-15-8-5-13(19)9-17(15)21(20-16)11-12-3-6-14(7-4-12)22(24)25;2*1-2/h3-9H,2,10-11H2,1H3;2*1-2H3. The van der Waals surface area contributed by atoms with Gasteiger partial charge in [0.1, 0.15) is 5.82 Å². The summed E-state index contributed by atoms with van der Waals surface area (Å²) in [4.78, 5) is 22.1. The number of aromatic nitrogens is 2. The minimum absolute atomic E-state index is 0.00637. The fraction of sp³-hybridized carbons (Fsp3) is 0.364. The first-order valence-corrected chi connectivity index (χ1v) is 10.0. The van der Waals surface area contributed by atoms with E-state index in [2.05, 4.69) is 5.10 Å². The lowest BCUT2D eigenvalue weighted by Crippen LogP contribution is -2.09.